The van der Waals surface area contributed by atoms with Crippen LogP contribution >= 0.6 is 0 Å². The molecule has 1 aliphatic rings. The first kappa shape index (κ1) is 13.0. The van der Waals surface area contributed by atoms with E-state index in [2.05, 4.69) is 10.3 Å². The third kappa shape index (κ3) is 2.85. The fourth-order valence-corrected chi connectivity index (χ4v) is 2.07. The number of aliphatic hydroxyl groups is 1. The van der Waals surface area contributed by atoms with Gasteiger partial charge >= 0.3 is 0 Å². The summed E-state index contributed by atoms with van der Waals surface area (Å²) < 4.78 is 5.36. The molecule has 0 aromatic carbocycles. The van der Waals surface area contributed by atoms with Crippen molar-refractivity contribution in [2.24, 2.45) is 0 Å². The number of nitrogens with one attached hydrogen (secondary N) is 1. The first-order valence-corrected chi connectivity index (χ1v) is 6.04. The van der Waals surface area contributed by atoms with Gasteiger partial charge in [-0.2, -0.15) is 5.26 Å². The van der Waals surface area contributed by atoms with E-state index < -0.39 is 5.60 Å². The van der Waals surface area contributed by atoms with Crippen LogP contribution in [0.5, 0.6) is 0 Å². The highest BCUT2D eigenvalue weighted by Crippen LogP contribution is 2.24. The van der Waals surface area contributed by atoms with Crippen molar-refractivity contribution in [3.05, 3.63) is 29.6 Å². The Balaban J connectivity index is 1.87. The summed E-state index contributed by atoms with van der Waals surface area (Å²) in [4.78, 5) is 3.91. The van der Waals surface area contributed by atoms with Gasteiger partial charge in [-0.15, -0.1) is 0 Å². The molecule has 18 heavy (non-hydrogen) atoms. The Kier molecular flexibility index (Phi) is 3.92. The lowest BCUT2D eigenvalue weighted by molar-refractivity contribution is -0.0262. The van der Waals surface area contributed by atoms with Gasteiger partial charge in [-0.3, -0.25) is 0 Å². The molecule has 2 unspecified atom stereocenters. The summed E-state index contributed by atoms with van der Waals surface area (Å²) >= 11 is 0. The van der Waals surface area contributed by atoms with Gasteiger partial charge in [0, 0.05) is 32.3 Å². The zero-order valence-corrected chi connectivity index (χ0v) is 10.4. The van der Waals surface area contributed by atoms with E-state index in [0.717, 1.165) is 5.56 Å². The minimum atomic E-state index is -0.787. The van der Waals surface area contributed by atoms with Crippen LogP contribution in [-0.4, -0.2) is 34.9 Å². The fraction of sp³-hybridized carbons (Fsp3) is 0.538. The van der Waals surface area contributed by atoms with Crippen molar-refractivity contribution in [1.29, 1.82) is 5.26 Å². The number of hydrogen-bond acceptors (Lipinski definition) is 5. The second-order valence-electron chi connectivity index (χ2n) is 4.63. The van der Waals surface area contributed by atoms with Crippen LogP contribution in [0, 0.1) is 11.3 Å². The van der Waals surface area contributed by atoms with Crippen LogP contribution in [0.15, 0.2) is 18.3 Å². The number of rotatable bonds is 4. The molecular weight excluding hydrogens is 230 g/mol. The Morgan fingerprint density at radius 1 is 1.72 bits per heavy atom. The predicted octanol–water partition coefficient (Wildman–Crippen LogP) is 0.583. The third-order valence-corrected chi connectivity index (χ3v) is 3.36. The van der Waals surface area contributed by atoms with Crippen LogP contribution in [0.1, 0.15) is 24.6 Å². The summed E-state index contributed by atoms with van der Waals surface area (Å²) in [6.07, 6.45) is 2.13. The van der Waals surface area contributed by atoms with Crippen LogP contribution in [0.3, 0.4) is 0 Å². The van der Waals surface area contributed by atoms with E-state index in [1.807, 2.05) is 19.1 Å². The molecule has 0 amide bonds. The van der Waals surface area contributed by atoms with E-state index in [0.29, 0.717) is 31.8 Å². The monoisotopic (exact) mass is 247 g/mol. The first-order valence-electron chi connectivity index (χ1n) is 6.04. The van der Waals surface area contributed by atoms with Gasteiger partial charge in [-0.1, -0.05) is 0 Å². The van der Waals surface area contributed by atoms with Crippen LogP contribution in [0.25, 0.3) is 0 Å². The zero-order chi connectivity index (χ0) is 13.0. The summed E-state index contributed by atoms with van der Waals surface area (Å²) in [6.45, 7) is 3.58. The molecule has 1 saturated heterocycles. The number of ether oxygens (including phenoxy) is 1. The van der Waals surface area contributed by atoms with Gasteiger partial charge in [-0.05, 0) is 24.6 Å². The maximum atomic E-state index is 10.3. The number of pyridine rings is 1. The number of hydrogen-bond donors (Lipinski definition) is 2. The number of nitriles is 1. The van der Waals surface area contributed by atoms with Gasteiger partial charge in [0.2, 0.25) is 0 Å². The summed E-state index contributed by atoms with van der Waals surface area (Å²) in [6, 6.07) is 5.60. The molecule has 2 N–H and O–H groups in total. The smallest absolute Gasteiger partial charge is 0.140 e. The lowest BCUT2D eigenvalue weighted by Crippen LogP contribution is -2.45. The molecule has 1 aliphatic heterocycles. The number of nitrogens with zero attached hydrogens (tertiary/aromatic N) is 2. The summed E-state index contributed by atoms with van der Waals surface area (Å²) in [5, 5.41) is 22.2. The highest BCUT2D eigenvalue weighted by atomic mass is 16.5. The molecule has 0 bridgehead atoms. The van der Waals surface area contributed by atoms with E-state index in [9.17, 15) is 5.11 Å². The van der Waals surface area contributed by atoms with Gasteiger partial charge in [0.25, 0.3) is 0 Å². The van der Waals surface area contributed by atoms with Crippen LogP contribution < -0.4 is 5.32 Å². The van der Waals surface area contributed by atoms with Gasteiger partial charge in [0.15, 0.2) is 0 Å². The Morgan fingerprint density at radius 2 is 2.56 bits per heavy atom. The molecule has 1 aromatic rings. The lowest BCUT2D eigenvalue weighted by Gasteiger charge is -2.26. The van der Waals surface area contributed by atoms with Gasteiger partial charge in [-0.25, -0.2) is 4.98 Å². The van der Waals surface area contributed by atoms with Crippen LogP contribution in [-0.2, 0) is 11.3 Å². The summed E-state index contributed by atoms with van der Waals surface area (Å²) in [5.41, 5.74) is 0.604. The molecule has 0 aliphatic carbocycles. The Bertz CT molecular complexity index is 458. The van der Waals surface area contributed by atoms with Crippen LogP contribution in [0.2, 0.25) is 0 Å². The molecule has 5 heteroatoms. The van der Waals surface area contributed by atoms with Crippen LogP contribution in [0.4, 0.5) is 0 Å². The molecule has 1 aromatic heterocycles. The SMILES string of the molecule is CC1OCCC1(O)CNCc1ccnc(C#N)c1. The summed E-state index contributed by atoms with van der Waals surface area (Å²) in [5.74, 6) is 0. The van der Waals surface area contributed by atoms with Crippen molar-refractivity contribution >= 4 is 0 Å². The maximum Gasteiger partial charge on any atom is 0.140 e. The van der Waals surface area contributed by atoms with Crippen molar-refractivity contribution in [3.63, 3.8) is 0 Å². The average Bonchev–Trinajstić information content (AvgIpc) is 2.70. The largest absolute Gasteiger partial charge is 0.386 e. The minimum Gasteiger partial charge on any atom is -0.386 e. The Morgan fingerprint density at radius 3 is 3.22 bits per heavy atom. The van der Waals surface area contributed by atoms with E-state index in [1.165, 1.54) is 0 Å². The molecule has 2 heterocycles. The minimum absolute atomic E-state index is 0.142. The molecule has 0 saturated carbocycles. The van der Waals surface area contributed by atoms with Crippen molar-refractivity contribution in [2.45, 2.75) is 31.6 Å². The van der Waals surface area contributed by atoms with E-state index in [1.54, 1.807) is 12.3 Å². The predicted molar refractivity (Wildman–Crippen MR) is 65.6 cm³/mol. The number of aromatic nitrogens is 1. The normalized spacial score (nSPS) is 27.1. The first-order chi connectivity index (χ1) is 8.64. The second kappa shape index (κ2) is 5.44. The highest BCUT2D eigenvalue weighted by Gasteiger charge is 2.38. The van der Waals surface area contributed by atoms with E-state index >= 15 is 0 Å². The molecular formula is C13H17N3O2. The third-order valence-electron chi connectivity index (χ3n) is 3.36. The molecule has 0 radical (unpaired) electrons. The van der Waals surface area contributed by atoms with Crippen molar-refractivity contribution in [2.75, 3.05) is 13.2 Å². The van der Waals surface area contributed by atoms with Crippen molar-refractivity contribution in [3.8, 4) is 6.07 Å². The van der Waals surface area contributed by atoms with E-state index in [4.69, 9.17) is 10.00 Å². The average molecular weight is 247 g/mol. The molecule has 2 atom stereocenters. The van der Waals surface area contributed by atoms with Crippen molar-refractivity contribution < 1.29 is 9.84 Å². The Hall–Kier alpha value is -1.48. The molecule has 96 valence electrons. The van der Waals surface area contributed by atoms with Gasteiger partial charge in [0.1, 0.15) is 17.4 Å². The Labute approximate surface area is 106 Å². The molecule has 1 fully saturated rings. The van der Waals surface area contributed by atoms with Crippen molar-refractivity contribution in [1.82, 2.24) is 10.3 Å². The zero-order valence-electron chi connectivity index (χ0n) is 10.4. The molecule has 2 rings (SSSR count). The van der Waals surface area contributed by atoms with Gasteiger partial charge < -0.3 is 15.2 Å². The van der Waals surface area contributed by atoms with Gasteiger partial charge in [0.05, 0.1) is 6.10 Å². The lowest BCUT2D eigenvalue weighted by atomic mass is 9.96. The molecule has 5 nitrogen and oxygen atoms in total. The second-order valence-corrected chi connectivity index (χ2v) is 4.63. The topological polar surface area (TPSA) is 78.2 Å². The highest BCUT2D eigenvalue weighted by molar-refractivity contribution is 5.25. The summed E-state index contributed by atoms with van der Waals surface area (Å²) in [7, 11) is 0. The quantitative estimate of drug-likeness (QED) is 0.814. The fourth-order valence-electron chi connectivity index (χ4n) is 2.07. The van der Waals surface area contributed by atoms with E-state index in [-0.39, 0.29) is 6.10 Å². The standard InChI is InChI=1S/C13H17N3O2/c1-10-13(17,3-5-18-10)9-15-8-11-2-4-16-12(6-11)7-14/h2,4,6,10,15,17H,3,5,8-9H2,1H3. The maximum absolute atomic E-state index is 10.3. The molecule has 0 spiro atoms.